The molecule has 1 aromatic heterocycles. The zero-order chi connectivity index (χ0) is 17.8. The van der Waals surface area contributed by atoms with Crippen molar-refractivity contribution in [1.29, 1.82) is 0 Å². The molecular formula is C18H34N4O2. The molecule has 24 heavy (non-hydrogen) atoms. The van der Waals surface area contributed by atoms with Crippen LogP contribution in [0.2, 0.25) is 0 Å². The quantitative estimate of drug-likeness (QED) is 0.369. The maximum atomic E-state index is 5.63. The van der Waals surface area contributed by atoms with E-state index in [0.29, 0.717) is 19.1 Å². The minimum Gasteiger partial charge on any atom is -0.468 e. The van der Waals surface area contributed by atoms with Crippen LogP contribution in [0.5, 0.6) is 0 Å². The average Bonchev–Trinajstić information content (AvgIpc) is 3.04. The van der Waals surface area contributed by atoms with E-state index in [1.54, 1.807) is 6.26 Å². The molecule has 0 aliphatic carbocycles. The normalized spacial score (nSPS) is 13.5. The van der Waals surface area contributed by atoms with Crippen LogP contribution in [0, 0.1) is 5.92 Å². The molecule has 6 heteroatoms. The summed E-state index contributed by atoms with van der Waals surface area (Å²) in [6.45, 7) is 10.2. The van der Waals surface area contributed by atoms with Gasteiger partial charge < -0.3 is 19.8 Å². The largest absolute Gasteiger partial charge is 0.468 e. The third kappa shape index (κ3) is 8.36. The summed E-state index contributed by atoms with van der Waals surface area (Å²) in [5.74, 6) is 2.42. The van der Waals surface area contributed by atoms with Gasteiger partial charge in [-0.25, -0.2) is 0 Å². The lowest BCUT2D eigenvalue weighted by Gasteiger charge is -2.21. The molecule has 1 unspecified atom stereocenters. The van der Waals surface area contributed by atoms with Crippen molar-refractivity contribution in [3.05, 3.63) is 24.2 Å². The van der Waals surface area contributed by atoms with Gasteiger partial charge in [0.25, 0.3) is 0 Å². The summed E-state index contributed by atoms with van der Waals surface area (Å²) in [6.07, 6.45) is 2.80. The molecular weight excluding hydrogens is 304 g/mol. The molecule has 0 bridgehead atoms. The van der Waals surface area contributed by atoms with Crippen molar-refractivity contribution >= 4 is 5.96 Å². The number of aliphatic imine (C=N–C) groups is 1. The van der Waals surface area contributed by atoms with Crippen molar-refractivity contribution in [3.8, 4) is 0 Å². The minimum atomic E-state index is 0.123. The van der Waals surface area contributed by atoms with E-state index in [4.69, 9.17) is 9.15 Å². The number of nitrogens with one attached hydrogen (secondary N) is 2. The first-order valence-electron chi connectivity index (χ1n) is 8.84. The van der Waals surface area contributed by atoms with E-state index in [1.807, 2.05) is 26.2 Å². The number of hydrogen-bond acceptors (Lipinski definition) is 4. The molecule has 0 saturated carbocycles. The first kappa shape index (κ1) is 20.5. The molecule has 0 radical (unpaired) electrons. The van der Waals surface area contributed by atoms with E-state index in [2.05, 4.69) is 41.3 Å². The summed E-state index contributed by atoms with van der Waals surface area (Å²) in [4.78, 5) is 6.79. The smallest absolute Gasteiger partial charge is 0.191 e. The molecule has 1 heterocycles. The van der Waals surface area contributed by atoms with E-state index < -0.39 is 0 Å². The second kappa shape index (κ2) is 11.9. The highest BCUT2D eigenvalue weighted by Crippen LogP contribution is 2.18. The Morgan fingerprint density at radius 1 is 1.29 bits per heavy atom. The van der Waals surface area contributed by atoms with Gasteiger partial charge in [0.05, 0.1) is 25.5 Å². The van der Waals surface area contributed by atoms with Crippen molar-refractivity contribution in [1.82, 2.24) is 15.5 Å². The zero-order valence-corrected chi connectivity index (χ0v) is 15.8. The van der Waals surface area contributed by atoms with Crippen LogP contribution in [0.15, 0.2) is 27.8 Å². The number of guanidine groups is 1. The Balaban J connectivity index is 2.43. The molecule has 0 aromatic carbocycles. The van der Waals surface area contributed by atoms with Gasteiger partial charge >= 0.3 is 0 Å². The summed E-state index contributed by atoms with van der Waals surface area (Å²) in [6, 6.07) is 4.02. The highest BCUT2D eigenvalue weighted by atomic mass is 16.5. The molecule has 0 spiro atoms. The second-order valence-corrected chi connectivity index (χ2v) is 6.44. The summed E-state index contributed by atoms with van der Waals surface area (Å²) in [5.41, 5.74) is 0. The number of ether oxygens (including phenoxy) is 1. The highest BCUT2D eigenvalue weighted by molar-refractivity contribution is 5.79. The molecule has 138 valence electrons. The Morgan fingerprint density at radius 2 is 2.08 bits per heavy atom. The van der Waals surface area contributed by atoms with Gasteiger partial charge in [-0.2, -0.15) is 0 Å². The average molecular weight is 338 g/mol. The standard InChI is InChI=1S/C18H34N4O2/c1-6-19-18(20-10-13-23-12-9-15(2)3)21-14-16(22(4)5)17-8-7-11-24-17/h7-8,11,15-16H,6,9-10,12-14H2,1-5H3,(H2,19,20,21). The number of nitrogens with zero attached hydrogens (tertiary/aromatic N) is 2. The lowest BCUT2D eigenvalue weighted by atomic mass is 10.1. The third-order valence-electron chi connectivity index (χ3n) is 3.64. The third-order valence-corrected chi connectivity index (χ3v) is 3.64. The topological polar surface area (TPSA) is 62.0 Å². The first-order valence-corrected chi connectivity index (χ1v) is 8.84. The van der Waals surface area contributed by atoms with Crippen LogP contribution in [-0.2, 0) is 4.74 Å². The summed E-state index contributed by atoms with van der Waals surface area (Å²) >= 11 is 0. The predicted molar refractivity (Wildman–Crippen MR) is 99.4 cm³/mol. The van der Waals surface area contributed by atoms with Gasteiger partial charge in [-0.1, -0.05) is 13.8 Å². The monoisotopic (exact) mass is 338 g/mol. The van der Waals surface area contributed by atoms with Gasteiger partial charge in [-0.05, 0) is 45.5 Å². The van der Waals surface area contributed by atoms with Crippen LogP contribution in [0.25, 0.3) is 0 Å². The molecule has 0 fully saturated rings. The highest BCUT2D eigenvalue weighted by Gasteiger charge is 2.16. The number of rotatable bonds is 11. The van der Waals surface area contributed by atoms with E-state index in [9.17, 15) is 0 Å². The molecule has 0 aliphatic rings. The number of furan rings is 1. The van der Waals surface area contributed by atoms with Crippen LogP contribution in [0.3, 0.4) is 0 Å². The van der Waals surface area contributed by atoms with Crippen molar-refractivity contribution < 1.29 is 9.15 Å². The fourth-order valence-corrected chi connectivity index (χ4v) is 2.17. The summed E-state index contributed by atoms with van der Waals surface area (Å²) in [7, 11) is 4.07. The lowest BCUT2D eigenvalue weighted by molar-refractivity contribution is 0.128. The molecule has 1 aromatic rings. The summed E-state index contributed by atoms with van der Waals surface area (Å²) in [5, 5.41) is 6.58. The lowest BCUT2D eigenvalue weighted by Crippen LogP contribution is -2.39. The van der Waals surface area contributed by atoms with E-state index in [0.717, 1.165) is 37.8 Å². The minimum absolute atomic E-state index is 0.123. The van der Waals surface area contributed by atoms with E-state index in [-0.39, 0.29) is 6.04 Å². The van der Waals surface area contributed by atoms with Gasteiger partial charge in [-0.15, -0.1) is 0 Å². The van der Waals surface area contributed by atoms with Crippen LogP contribution in [0.1, 0.15) is 39.0 Å². The Labute approximate surface area is 146 Å². The Morgan fingerprint density at radius 3 is 2.67 bits per heavy atom. The van der Waals surface area contributed by atoms with Crippen LogP contribution >= 0.6 is 0 Å². The predicted octanol–water partition coefficient (Wildman–Crippen LogP) is 2.50. The Bertz CT molecular complexity index is 444. The fraction of sp³-hybridized carbons (Fsp3) is 0.722. The zero-order valence-electron chi connectivity index (χ0n) is 15.8. The maximum Gasteiger partial charge on any atom is 0.191 e. The van der Waals surface area contributed by atoms with Crippen molar-refractivity contribution in [3.63, 3.8) is 0 Å². The van der Waals surface area contributed by atoms with Gasteiger partial charge in [0.1, 0.15) is 5.76 Å². The molecule has 0 aliphatic heterocycles. The molecule has 1 atom stereocenters. The SMILES string of the molecule is CCNC(=NCC(c1ccco1)N(C)C)NCCOCCC(C)C. The van der Waals surface area contributed by atoms with E-state index >= 15 is 0 Å². The second-order valence-electron chi connectivity index (χ2n) is 6.44. The van der Waals surface area contributed by atoms with Crippen LogP contribution < -0.4 is 10.6 Å². The first-order chi connectivity index (χ1) is 11.5. The van der Waals surface area contributed by atoms with Crippen molar-refractivity contribution in [2.24, 2.45) is 10.9 Å². The molecule has 1 rings (SSSR count). The van der Waals surface area contributed by atoms with Crippen LogP contribution in [0.4, 0.5) is 0 Å². The molecule has 2 N–H and O–H groups in total. The van der Waals surface area contributed by atoms with Gasteiger partial charge in [0.15, 0.2) is 5.96 Å². The number of likely N-dealkylation sites (N-methyl/N-ethyl adjacent to an activating group) is 1. The van der Waals surface area contributed by atoms with Crippen molar-refractivity contribution in [2.75, 3.05) is 46.9 Å². The van der Waals surface area contributed by atoms with Gasteiger partial charge in [0.2, 0.25) is 0 Å². The van der Waals surface area contributed by atoms with Gasteiger partial charge in [0, 0.05) is 19.7 Å². The number of hydrogen-bond donors (Lipinski definition) is 2. The maximum absolute atomic E-state index is 5.63. The fourth-order valence-electron chi connectivity index (χ4n) is 2.17. The van der Waals surface area contributed by atoms with Crippen molar-refractivity contribution in [2.45, 2.75) is 33.2 Å². The van der Waals surface area contributed by atoms with E-state index in [1.165, 1.54) is 0 Å². The van der Waals surface area contributed by atoms with Crippen LogP contribution in [-0.4, -0.2) is 57.8 Å². The summed E-state index contributed by atoms with van der Waals surface area (Å²) < 4.78 is 11.1. The Kier molecular flexibility index (Phi) is 10.2. The van der Waals surface area contributed by atoms with Gasteiger partial charge in [-0.3, -0.25) is 9.89 Å². The Hall–Kier alpha value is -1.53. The molecule has 0 amide bonds. The molecule has 0 saturated heterocycles. The molecule has 6 nitrogen and oxygen atoms in total.